The van der Waals surface area contributed by atoms with Crippen LogP contribution in [-0.4, -0.2) is 44.1 Å². The van der Waals surface area contributed by atoms with Crippen molar-refractivity contribution < 1.29 is 18.0 Å². The van der Waals surface area contributed by atoms with E-state index in [-0.39, 0.29) is 11.9 Å². The summed E-state index contributed by atoms with van der Waals surface area (Å²) in [5.74, 6) is 1.10. The van der Waals surface area contributed by atoms with Crippen molar-refractivity contribution in [2.45, 2.75) is 44.9 Å². The van der Waals surface area contributed by atoms with Crippen LogP contribution in [0.25, 0.3) is 33.5 Å². The number of hydrogen-bond donors (Lipinski definition) is 1. The molecule has 3 heterocycles. The molecule has 6 rings (SSSR count). The molecule has 2 aliphatic rings. The highest BCUT2D eigenvalue weighted by atomic mass is 19.4. The summed E-state index contributed by atoms with van der Waals surface area (Å²) >= 11 is 0. The molecular weight excluding hydrogens is 467 g/mol. The number of aryl methyl sites for hydroxylation is 1. The van der Waals surface area contributed by atoms with Gasteiger partial charge >= 0.3 is 6.18 Å². The van der Waals surface area contributed by atoms with E-state index in [2.05, 4.69) is 0 Å². The Morgan fingerprint density at radius 2 is 1.92 bits per heavy atom. The zero-order chi connectivity index (χ0) is 25.4. The molecule has 0 radical (unpaired) electrons. The van der Waals surface area contributed by atoms with E-state index in [0.717, 1.165) is 47.5 Å². The van der Waals surface area contributed by atoms with Crippen LogP contribution in [0.1, 0.15) is 41.3 Å². The molecule has 9 heteroatoms. The second-order valence-corrected chi connectivity index (χ2v) is 10.3. The molecule has 1 aliphatic heterocycles. The number of alkyl halides is 3. The Labute approximate surface area is 206 Å². The van der Waals surface area contributed by atoms with Crippen LogP contribution in [0.5, 0.6) is 0 Å². The first kappa shape index (κ1) is 23.1. The number of carbonyl (C=O) groups is 1. The van der Waals surface area contributed by atoms with Crippen LogP contribution in [0.3, 0.4) is 0 Å². The first-order valence-electron chi connectivity index (χ1n) is 12.3. The summed E-state index contributed by atoms with van der Waals surface area (Å²) in [6.45, 7) is 3.67. The SMILES string of the molecule is C[C@@H](N)CN1CCc2cc3c(cc2C1=O)nc(-c1cc2ccc(C(F)(F)F)cc2n1CC1CC1)n3C. The van der Waals surface area contributed by atoms with E-state index in [9.17, 15) is 18.0 Å². The zero-order valence-electron chi connectivity index (χ0n) is 20.3. The van der Waals surface area contributed by atoms with Gasteiger partial charge in [-0.25, -0.2) is 4.98 Å². The third-order valence-corrected chi connectivity index (χ3v) is 7.38. The van der Waals surface area contributed by atoms with E-state index in [1.54, 1.807) is 4.90 Å². The Balaban J connectivity index is 1.49. The fourth-order valence-corrected chi connectivity index (χ4v) is 5.34. The van der Waals surface area contributed by atoms with Crippen LogP contribution < -0.4 is 5.73 Å². The number of benzene rings is 2. The highest BCUT2D eigenvalue weighted by Crippen LogP contribution is 2.39. The lowest BCUT2D eigenvalue weighted by Crippen LogP contribution is -2.43. The second-order valence-electron chi connectivity index (χ2n) is 10.3. The van der Waals surface area contributed by atoms with Crippen LogP contribution in [0.15, 0.2) is 36.4 Å². The van der Waals surface area contributed by atoms with Gasteiger partial charge in [-0.05, 0) is 68.0 Å². The standard InChI is InChI=1S/C27H28F3N5O/c1-15(31)13-34-8-7-17-9-23-21(12-20(17)26(34)36)32-25(33(23)2)24-10-18-5-6-19(27(28,29)30)11-22(18)35(24)14-16-3-4-16/h5-6,9-12,15-16H,3-4,7-8,13-14,31H2,1-2H3/t15-/m1/s1. The number of rotatable bonds is 5. The van der Waals surface area contributed by atoms with Gasteiger partial charge in [-0.2, -0.15) is 13.2 Å². The summed E-state index contributed by atoms with van der Waals surface area (Å²) in [5, 5.41) is 0.756. The van der Waals surface area contributed by atoms with Crippen LogP contribution in [0.2, 0.25) is 0 Å². The normalized spacial score (nSPS) is 17.3. The summed E-state index contributed by atoms with van der Waals surface area (Å²) in [5.41, 5.74) is 9.86. The third-order valence-electron chi connectivity index (χ3n) is 7.38. The second kappa shape index (κ2) is 8.09. The Kier molecular flexibility index (Phi) is 5.19. The molecule has 2 aromatic heterocycles. The molecule has 2 N–H and O–H groups in total. The number of nitrogens with zero attached hydrogens (tertiary/aromatic N) is 4. The first-order valence-corrected chi connectivity index (χ1v) is 12.3. The quantitative estimate of drug-likeness (QED) is 0.425. The van der Waals surface area contributed by atoms with Gasteiger partial charge in [0, 0.05) is 49.2 Å². The maximum absolute atomic E-state index is 13.5. The Morgan fingerprint density at radius 1 is 1.14 bits per heavy atom. The van der Waals surface area contributed by atoms with Gasteiger partial charge in [0.15, 0.2) is 5.82 Å². The van der Waals surface area contributed by atoms with Crippen molar-refractivity contribution in [2.75, 3.05) is 13.1 Å². The average Bonchev–Trinajstić information content (AvgIpc) is 3.49. The first-order chi connectivity index (χ1) is 17.1. The maximum atomic E-state index is 13.5. The third kappa shape index (κ3) is 3.86. The molecule has 0 spiro atoms. The van der Waals surface area contributed by atoms with Crippen molar-refractivity contribution in [3.63, 3.8) is 0 Å². The molecule has 2 aromatic carbocycles. The minimum Gasteiger partial charge on any atom is -0.338 e. The topological polar surface area (TPSA) is 69.1 Å². The fraction of sp³-hybridized carbons (Fsp3) is 0.407. The van der Waals surface area contributed by atoms with Crippen molar-refractivity contribution in [2.24, 2.45) is 18.7 Å². The Hall–Kier alpha value is -3.33. The number of nitrogens with two attached hydrogens (primary N) is 1. The summed E-state index contributed by atoms with van der Waals surface area (Å²) < 4.78 is 44.4. The molecule has 0 unspecified atom stereocenters. The number of imidazole rings is 1. The molecule has 188 valence electrons. The van der Waals surface area contributed by atoms with Gasteiger partial charge in [0.05, 0.1) is 22.3 Å². The number of fused-ring (bicyclic) bond motifs is 3. The number of amides is 1. The summed E-state index contributed by atoms with van der Waals surface area (Å²) in [6.07, 6.45) is -1.50. The average molecular weight is 496 g/mol. The highest BCUT2D eigenvalue weighted by molar-refractivity contribution is 6.00. The molecule has 6 nitrogen and oxygen atoms in total. The summed E-state index contributed by atoms with van der Waals surface area (Å²) in [4.78, 5) is 19.8. The zero-order valence-corrected chi connectivity index (χ0v) is 20.3. The van der Waals surface area contributed by atoms with Crippen LogP contribution >= 0.6 is 0 Å². The Morgan fingerprint density at radius 3 is 2.61 bits per heavy atom. The van der Waals surface area contributed by atoms with Gasteiger partial charge in [-0.15, -0.1) is 0 Å². The molecule has 36 heavy (non-hydrogen) atoms. The molecule has 1 saturated carbocycles. The summed E-state index contributed by atoms with van der Waals surface area (Å²) in [6, 6.07) is 9.61. The number of hydrogen-bond acceptors (Lipinski definition) is 3. The van der Waals surface area contributed by atoms with Crippen molar-refractivity contribution in [3.8, 4) is 11.5 Å². The fourth-order valence-electron chi connectivity index (χ4n) is 5.34. The predicted octanol–water partition coefficient (Wildman–Crippen LogP) is 4.97. The van der Waals surface area contributed by atoms with Gasteiger partial charge in [0.1, 0.15) is 0 Å². The number of carbonyl (C=O) groups excluding carboxylic acids is 1. The minimum atomic E-state index is -4.40. The van der Waals surface area contributed by atoms with E-state index in [1.807, 2.05) is 41.3 Å². The van der Waals surface area contributed by atoms with Gasteiger partial charge in [-0.3, -0.25) is 4.79 Å². The van der Waals surface area contributed by atoms with Crippen LogP contribution in [0, 0.1) is 5.92 Å². The van der Waals surface area contributed by atoms with Crippen LogP contribution in [0.4, 0.5) is 13.2 Å². The largest absolute Gasteiger partial charge is 0.416 e. The van der Waals surface area contributed by atoms with Gasteiger partial charge < -0.3 is 19.8 Å². The molecule has 4 aromatic rings. The molecule has 1 amide bonds. The summed E-state index contributed by atoms with van der Waals surface area (Å²) in [7, 11) is 1.92. The van der Waals surface area contributed by atoms with E-state index in [1.165, 1.54) is 12.1 Å². The van der Waals surface area contributed by atoms with Gasteiger partial charge in [0.25, 0.3) is 5.91 Å². The Bertz CT molecular complexity index is 1510. The lowest BCUT2D eigenvalue weighted by atomic mass is 9.97. The predicted molar refractivity (Wildman–Crippen MR) is 133 cm³/mol. The van der Waals surface area contributed by atoms with Crippen LogP contribution in [-0.2, 0) is 26.2 Å². The van der Waals surface area contributed by atoms with Crippen molar-refractivity contribution in [3.05, 3.63) is 53.1 Å². The monoisotopic (exact) mass is 495 g/mol. The van der Waals surface area contributed by atoms with E-state index in [4.69, 9.17) is 10.7 Å². The lowest BCUT2D eigenvalue weighted by Gasteiger charge is -2.29. The van der Waals surface area contributed by atoms with Gasteiger partial charge in [0.2, 0.25) is 0 Å². The van der Waals surface area contributed by atoms with E-state index < -0.39 is 11.7 Å². The van der Waals surface area contributed by atoms with Gasteiger partial charge in [-0.1, -0.05) is 6.07 Å². The minimum absolute atomic E-state index is 0.0369. The van der Waals surface area contributed by atoms with E-state index >= 15 is 0 Å². The van der Waals surface area contributed by atoms with E-state index in [0.29, 0.717) is 48.0 Å². The maximum Gasteiger partial charge on any atom is 0.416 e. The number of halogens is 3. The van der Waals surface area contributed by atoms with Crippen molar-refractivity contribution in [1.82, 2.24) is 19.0 Å². The number of aromatic nitrogens is 3. The lowest BCUT2D eigenvalue weighted by molar-refractivity contribution is -0.137. The molecule has 1 aliphatic carbocycles. The molecule has 1 atom stereocenters. The highest BCUT2D eigenvalue weighted by Gasteiger charge is 2.32. The molecular formula is C27H28F3N5O. The molecule has 0 bridgehead atoms. The molecule has 0 saturated heterocycles. The molecule has 1 fully saturated rings. The van der Waals surface area contributed by atoms with Crippen molar-refractivity contribution in [1.29, 1.82) is 0 Å². The van der Waals surface area contributed by atoms with Crippen molar-refractivity contribution >= 4 is 27.8 Å². The smallest absolute Gasteiger partial charge is 0.338 e.